The van der Waals surface area contributed by atoms with Crippen molar-refractivity contribution in [2.45, 2.75) is 19.0 Å². The smallest absolute Gasteiger partial charge is 0.370 e. The van der Waals surface area contributed by atoms with Crippen LogP contribution < -0.4 is 16.4 Å². The van der Waals surface area contributed by atoms with Crippen LogP contribution in [0.15, 0.2) is 40.8 Å². The van der Waals surface area contributed by atoms with E-state index in [1.165, 1.54) is 10.9 Å². The van der Waals surface area contributed by atoms with Crippen LogP contribution in [-0.4, -0.2) is 30.6 Å². The molecular formula is C16H20F3N5S. The Balaban J connectivity index is 1.60. The van der Waals surface area contributed by atoms with Crippen molar-refractivity contribution in [2.24, 2.45) is 10.7 Å². The SMILES string of the molecule is NC(=NCCCNc1ccc(C(F)(F)F)cn1)NCCc1cccs1. The number of hydrogen-bond donors (Lipinski definition) is 3. The van der Waals surface area contributed by atoms with Gasteiger partial charge < -0.3 is 16.4 Å². The molecule has 0 saturated heterocycles. The normalized spacial score (nSPS) is 12.2. The van der Waals surface area contributed by atoms with Gasteiger partial charge in [0.05, 0.1) is 5.56 Å². The Kier molecular flexibility index (Phi) is 7.05. The maximum absolute atomic E-state index is 12.4. The van der Waals surface area contributed by atoms with Gasteiger partial charge in [-0.3, -0.25) is 4.99 Å². The predicted octanol–water partition coefficient (Wildman–Crippen LogP) is 3.11. The average molecular weight is 371 g/mol. The third-order valence-electron chi connectivity index (χ3n) is 3.27. The highest BCUT2D eigenvalue weighted by Gasteiger charge is 2.30. The topological polar surface area (TPSA) is 75.3 Å². The lowest BCUT2D eigenvalue weighted by Gasteiger charge is -2.08. The van der Waals surface area contributed by atoms with Crippen LogP contribution in [0.2, 0.25) is 0 Å². The van der Waals surface area contributed by atoms with Gasteiger partial charge in [-0.2, -0.15) is 13.2 Å². The summed E-state index contributed by atoms with van der Waals surface area (Å²) in [5, 5.41) is 8.03. The number of nitrogens with one attached hydrogen (secondary N) is 2. The molecule has 0 atom stereocenters. The third-order valence-corrected chi connectivity index (χ3v) is 4.21. The maximum atomic E-state index is 12.4. The second-order valence-corrected chi connectivity index (χ2v) is 6.27. The van der Waals surface area contributed by atoms with Gasteiger partial charge >= 0.3 is 6.18 Å². The monoisotopic (exact) mass is 371 g/mol. The highest BCUT2D eigenvalue weighted by Crippen LogP contribution is 2.28. The van der Waals surface area contributed by atoms with Crippen LogP contribution in [0.25, 0.3) is 0 Å². The molecule has 25 heavy (non-hydrogen) atoms. The van der Waals surface area contributed by atoms with Crippen LogP contribution in [0.5, 0.6) is 0 Å². The molecule has 136 valence electrons. The van der Waals surface area contributed by atoms with Gasteiger partial charge in [0.1, 0.15) is 5.82 Å². The average Bonchev–Trinajstić information content (AvgIpc) is 3.07. The molecule has 0 aliphatic carbocycles. The third kappa shape index (κ3) is 7.00. The van der Waals surface area contributed by atoms with E-state index in [0.717, 1.165) is 25.2 Å². The summed E-state index contributed by atoms with van der Waals surface area (Å²) in [5.41, 5.74) is 5.01. The van der Waals surface area contributed by atoms with Crippen LogP contribution in [0.4, 0.5) is 19.0 Å². The number of aliphatic imine (C=N–C) groups is 1. The van der Waals surface area contributed by atoms with Gasteiger partial charge in [0.2, 0.25) is 0 Å². The fraction of sp³-hybridized carbons (Fsp3) is 0.375. The fourth-order valence-corrected chi connectivity index (χ4v) is 2.69. The molecule has 2 aromatic heterocycles. The van der Waals surface area contributed by atoms with Crippen LogP contribution in [0.1, 0.15) is 16.9 Å². The first-order valence-electron chi connectivity index (χ1n) is 7.78. The molecule has 2 heterocycles. The summed E-state index contributed by atoms with van der Waals surface area (Å²) in [7, 11) is 0. The molecule has 5 nitrogen and oxygen atoms in total. The minimum Gasteiger partial charge on any atom is -0.370 e. The van der Waals surface area contributed by atoms with Crippen molar-refractivity contribution in [3.8, 4) is 0 Å². The Morgan fingerprint density at radius 3 is 2.72 bits per heavy atom. The molecule has 0 aliphatic rings. The largest absolute Gasteiger partial charge is 0.417 e. The van der Waals surface area contributed by atoms with E-state index >= 15 is 0 Å². The first-order chi connectivity index (χ1) is 11.9. The van der Waals surface area contributed by atoms with E-state index in [9.17, 15) is 13.2 Å². The van der Waals surface area contributed by atoms with Gasteiger partial charge in [-0.05, 0) is 36.4 Å². The molecule has 2 aromatic rings. The number of aromatic nitrogens is 1. The quantitative estimate of drug-likeness (QED) is 0.379. The fourth-order valence-electron chi connectivity index (χ4n) is 1.99. The molecule has 0 aliphatic heterocycles. The van der Waals surface area contributed by atoms with Gasteiger partial charge in [0.25, 0.3) is 0 Å². The van der Waals surface area contributed by atoms with E-state index in [1.807, 2.05) is 11.4 Å². The van der Waals surface area contributed by atoms with Crippen molar-refractivity contribution in [1.29, 1.82) is 0 Å². The Morgan fingerprint density at radius 1 is 1.24 bits per heavy atom. The summed E-state index contributed by atoms with van der Waals surface area (Å²) in [6.45, 7) is 1.79. The lowest BCUT2D eigenvalue weighted by molar-refractivity contribution is -0.137. The standard InChI is InChI=1S/C16H20F3N5S/c17-16(18,19)12-4-5-14(24-11-12)21-7-2-8-22-15(20)23-9-6-13-3-1-10-25-13/h1,3-5,10-11H,2,6-9H2,(H,21,24)(H3,20,22,23). The summed E-state index contributed by atoms with van der Waals surface area (Å²) in [6.07, 6.45) is -1.96. The molecule has 0 aromatic carbocycles. The Morgan fingerprint density at radius 2 is 2.08 bits per heavy atom. The number of anilines is 1. The molecule has 0 fully saturated rings. The van der Waals surface area contributed by atoms with Gasteiger partial charge in [-0.15, -0.1) is 11.3 Å². The van der Waals surface area contributed by atoms with Crippen LogP contribution >= 0.6 is 11.3 Å². The van der Waals surface area contributed by atoms with E-state index in [4.69, 9.17) is 5.73 Å². The number of alkyl halides is 3. The number of thiophene rings is 1. The summed E-state index contributed by atoms with van der Waals surface area (Å²) < 4.78 is 37.3. The molecule has 2 rings (SSSR count). The number of hydrogen-bond acceptors (Lipinski definition) is 4. The molecule has 0 unspecified atom stereocenters. The second-order valence-electron chi connectivity index (χ2n) is 5.23. The summed E-state index contributed by atoms with van der Waals surface area (Å²) in [5.74, 6) is 0.795. The Bertz CT molecular complexity index is 653. The Hall–Kier alpha value is -2.29. The van der Waals surface area contributed by atoms with Crippen molar-refractivity contribution in [3.63, 3.8) is 0 Å². The number of nitrogens with two attached hydrogens (primary N) is 1. The van der Waals surface area contributed by atoms with Crippen LogP contribution in [0, 0.1) is 0 Å². The number of nitrogens with zero attached hydrogens (tertiary/aromatic N) is 2. The minimum absolute atomic E-state index is 0.393. The number of halogens is 3. The first kappa shape index (κ1) is 19.0. The molecule has 0 radical (unpaired) electrons. The molecule has 0 saturated carbocycles. The van der Waals surface area contributed by atoms with Gasteiger partial charge in [-0.25, -0.2) is 4.98 Å². The van der Waals surface area contributed by atoms with Crippen molar-refractivity contribution < 1.29 is 13.2 Å². The predicted molar refractivity (Wildman–Crippen MR) is 94.9 cm³/mol. The highest BCUT2D eigenvalue weighted by molar-refractivity contribution is 7.09. The van der Waals surface area contributed by atoms with Gasteiger partial charge in [0.15, 0.2) is 5.96 Å². The zero-order valence-corrected chi connectivity index (χ0v) is 14.3. The van der Waals surface area contributed by atoms with Crippen LogP contribution in [-0.2, 0) is 12.6 Å². The van der Waals surface area contributed by atoms with Gasteiger partial charge in [-0.1, -0.05) is 6.07 Å². The van der Waals surface area contributed by atoms with E-state index < -0.39 is 11.7 Å². The van der Waals surface area contributed by atoms with E-state index in [0.29, 0.717) is 31.3 Å². The lowest BCUT2D eigenvalue weighted by Crippen LogP contribution is -2.33. The minimum atomic E-state index is -4.37. The summed E-state index contributed by atoms with van der Waals surface area (Å²) >= 11 is 1.70. The number of rotatable bonds is 8. The van der Waals surface area contributed by atoms with E-state index in [-0.39, 0.29) is 0 Å². The van der Waals surface area contributed by atoms with Crippen molar-refractivity contribution in [1.82, 2.24) is 10.3 Å². The number of guanidine groups is 1. The van der Waals surface area contributed by atoms with Crippen LogP contribution in [0.3, 0.4) is 0 Å². The highest BCUT2D eigenvalue weighted by atomic mass is 32.1. The molecule has 0 amide bonds. The Labute approximate surface area is 148 Å². The molecule has 0 bridgehead atoms. The maximum Gasteiger partial charge on any atom is 0.417 e. The number of pyridine rings is 1. The van der Waals surface area contributed by atoms with Crippen molar-refractivity contribution >= 4 is 23.1 Å². The molecule has 4 N–H and O–H groups in total. The summed E-state index contributed by atoms with van der Waals surface area (Å²) in [6, 6.07) is 6.40. The summed E-state index contributed by atoms with van der Waals surface area (Å²) in [4.78, 5) is 9.22. The zero-order valence-electron chi connectivity index (χ0n) is 13.5. The van der Waals surface area contributed by atoms with Crippen molar-refractivity contribution in [2.75, 3.05) is 25.0 Å². The second kappa shape index (κ2) is 9.26. The van der Waals surface area contributed by atoms with E-state index in [1.54, 1.807) is 11.3 Å². The molecular weight excluding hydrogens is 351 g/mol. The zero-order chi connectivity index (χ0) is 18.1. The molecule has 0 spiro atoms. The van der Waals surface area contributed by atoms with E-state index in [2.05, 4.69) is 26.7 Å². The molecule has 9 heteroatoms. The van der Waals surface area contributed by atoms with Gasteiger partial charge in [0, 0.05) is 30.7 Å². The lowest BCUT2D eigenvalue weighted by atomic mass is 10.3. The van der Waals surface area contributed by atoms with Crippen molar-refractivity contribution in [3.05, 3.63) is 46.3 Å². The first-order valence-corrected chi connectivity index (χ1v) is 8.66.